The topological polar surface area (TPSA) is 82.3 Å². The van der Waals surface area contributed by atoms with Crippen LogP contribution in [-0.4, -0.2) is 43.4 Å². The predicted octanol–water partition coefficient (Wildman–Crippen LogP) is 1.00. The Morgan fingerprint density at radius 2 is 2.00 bits per heavy atom. The number of nitrogens with zero attached hydrogens (tertiary/aromatic N) is 2. The van der Waals surface area contributed by atoms with Gasteiger partial charge in [-0.3, -0.25) is 0 Å². The van der Waals surface area contributed by atoms with Gasteiger partial charge in [0.1, 0.15) is 17.5 Å². The zero-order valence-corrected chi connectivity index (χ0v) is 11.3. The van der Waals surface area contributed by atoms with Crippen molar-refractivity contribution in [2.24, 2.45) is 0 Å². The highest BCUT2D eigenvalue weighted by Gasteiger charge is 2.06. The molecular weight excluding hydrogens is 232 g/mol. The van der Waals surface area contributed by atoms with Crippen molar-refractivity contribution in [2.45, 2.75) is 20.3 Å². The molecule has 1 aromatic rings. The van der Waals surface area contributed by atoms with Crippen LogP contribution in [0.5, 0.6) is 0 Å². The number of aryl methyl sites for hydroxylation is 1. The highest BCUT2D eigenvalue weighted by atomic mass is 16.5. The highest BCUT2D eigenvalue weighted by Crippen LogP contribution is 2.16. The fourth-order valence-corrected chi connectivity index (χ4v) is 1.40. The summed E-state index contributed by atoms with van der Waals surface area (Å²) in [6.45, 7) is 6.41. The van der Waals surface area contributed by atoms with Gasteiger partial charge in [0, 0.05) is 25.6 Å². The molecular formula is C12H22N4O2. The third-order valence-electron chi connectivity index (χ3n) is 2.52. The number of nitrogens with two attached hydrogens (primary N) is 1. The Labute approximate surface area is 108 Å². The van der Waals surface area contributed by atoms with E-state index in [-0.39, 0.29) is 0 Å². The molecule has 0 amide bonds. The average molecular weight is 254 g/mol. The SMILES string of the molecule is CCc1nc(N)c(C)c(NCCOCCOC)n1. The summed E-state index contributed by atoms with van der Waals surface area (Å²) in [6.07, 6.45) is 0.767. The van der Waals surface area contributed by atoms with Crippen LogP contribution in [0.4, 0.5) is 11.6 Å². The number of nitrogen functional groups attached to an aromatic ring is 1. The van der Waals surface area contributed by atoms with Gasteiger partial charge in [0.2, 0.25) is 0 Å². The minimum absolute atomic E-state index is 0.532. The quantitative estimate of drug-likeness (QED) is 0.674. The van der Waals surface area contributed by atoms with Gasteiger partial charge in [-0.1, -0.05) is 6.92 Å². The lowest BCUT2D eigenvalue weighted by Crippen LogP contribution is -2.15. The molecule has 0 aliphatic heterocycles. The maximum absolute atomic E-state index is 5.83. The summed E-state index contributed by atoms with van der Waals surface area (Å²) in [7, 11) is 1.65. The number of hydrogen-bond acceptors (Lipinski definition) is 6. The lowest BCUT2D eigenvalue weighted by Gasteiger charge is -2.11. The number of aromatic nitrogens is 2. The van der Waals surface area contributed by atoms with E-state index >= 15 is 0 Å². The molecule has 0 aliphatic rings. The van der Waals surface area contributed by atoms with Crippen LogP contribution >= 0.6 is 0 Å². The zero-order chi connectivity index (χ0) is 13.4. The molecule has 1 rings (SSSR count). The molecule has 3 N–H and O–H groups in total. The summed E-state index contributed by atoms with van der Waals surface area (Å²) >= 11 is 0. The molecule has 6 heteroatoms. The largest absolute Gasteiger partial charge is 0.383 e. The Morgan fingerprint density at radius 1 is 1.22 bits per heavy atom. The van der Waals surface area contributed by atoms with E-state index in [9.17, 15) is 0 Å². The predicted molar refractivity (Wildman–Crippen MR) is 71.7 cm³/mol. The van der Waals surface area contributed by atoms with Crippen LogP contribution in [0.25, 0.3) is 0 Å². The first-order chi connectivity index (χ1) is 8.69. The van der Waals surface area contributed by atoms with Crippen molar-refractivity contribution >= 4 is 11.6 Å². The van der Waals surface area contributed by atoms with Gasteiger partial charge in [-0.05, 0) is 6.92 Å². The van der Waals surface area contributed by atoms with Gasteiger partial charge in [0.25, 0.3) is 0 Å². The van der Waals surface area contributed by atoms with Gasteiger partial charge in [0.15, 0.2) is 0 Å². The van der Waals surface area contributed by atoms with Crippen LogP contribution < -0.4 is 11.1 Å². The van der Waals surface area contributed by atoms with E-state index in [4.69, 9.17) is 15.2 Å². The lowest BCUT2D eigenvalue weighted by molar-refractivity contribution is 0.0759. The first-order valence-electron chi connectivity index (χ1n) is 6.12. The van der Waals surface area contributed by atoms with Gasteiger partial charge >= 0.3 is 0 Å². The van der Waals surface area contributed by atoms with Crippen molar-refractivity contribution in [2.75, 3.05) is 44.5 Å². The number of nitrogens with one attached hydrogen (secondary N) is 1. The first kappa shape index (κ1) is 14.7. The summed E-state index contributed by atoms with van der Waals surface area (Å²) in [4.78, 5) is 8.60. The highest BCUT2D eigenvalue weighted by molar-refractivity contribution is 5.54. The van der Waals surface area contributed by atoms with Crippen molar-refractivity contribution in [3.05, 3.63) is 11.4 Å². The van der Waals surface area contributed by atoms with Crippen molar-refractivity contribution in [1.82, 2.24) is 9.97 Å². The van der Waals surface area contributed by atoms with E-state index in [1.807, 2.05) is 13.8 Å². The maximum Gasteiger partial charge on any atom is 0.134 e. The standard InChI is InChI=1S/C12H22N4O2/c1-4-10-15-11(13)9(2)12(16-10)14-5-6-18-8-7-17-3/h4-8H2,1-3H3,(H3,13,14,15,16). The first-order valence-corrected chi connectivity index (χ1v) is 6.12. The van der Waals surface area contributed by atoms with E-state index in [1.165, 1.54) is 0 Å². The molecule has 102 valence electrons. The third-order valence-corrected chi connectivity index (χ3v) is 2.52. The fraction of sp³-hybridized carbons (Fsp3) is 0.667. The molecule has 0 bridgehead atoms. The summed E-state index contributed by atoms with van der Waals surface area (Å²) < 4.78 is 10.2. The van der Waals surface area contributed by atoms with Gasteiger partial charge in [-0.15, -0.1) is 0 Å². The number of rotatable bonds is 8. The van der Waals surface area contributed by atoms with Gasteiger partial charge < -0.3 is 20.5 Å². The van der Waals surface area contributed by atoms with E-state index in [0.717, 1.165) is 23.6 Å². The maximum atomic E-state index is 5.83. The van der Waals surface area contributed by atoms with E-state index in [2.05, 4.69) is 15.3 Å². The molecule has 0 aromatic carbocycles. The second-order valence-corrected chi connectivity index (χ2v) is 3.88. The Kier molecular flexibility index (Phi) is 6.38. The molecule has 6 nitrogen and oxygen atoms in total. The van der Waals surface area contributed by atoms with Crippen molar-refractivity contribution < 1.29 is 9.47 Å². The summed E-state index contributed by atoms with van der Waals surface area (Å²) in [5.41, 5.74) is 6.71. The number of hydrogen-bond donors (Lipinski definition) is 2. The fourth-order valence-electron chi connectivity index (χ4n) is 1.40. The monoisotopic (exact) mass is 254 g/mol. The molecule has 1 aromatic heterocycles. The lowest BCUT2D eigenvalue weighted by atomic mass is 10.3. The minimum atomic E-state index is 0.532. The van der Waals surface area contributed by atoms with Crippen LogP contribution in [0.3, 0.4) is 0 Å². The average Bonchev–Trinajstić information content (AvgIpc) is 2.38. The van der Waals surface area contributed by atoms with Crippen LogP contribution in [-0.2, 0) is 15.9 Å². The van der Waals surface area contributed by atoms with Gasteiger partial charge in [-0.25, -0.2) is 9.97 Å². The van der Waals surface area contributed by atoms with Crippen LogP contribution in [0.15, 0.2) is 0 Å². The zero-order valence-electron chi connectivity index (χ0n) is 11.3. The Hall–Kier alpha value is -1.40. The van der Waals surface area contributed by atoms with Gasteiger partial charge in [-0.2, -0.15) is 0 Å². The molecule has 0 unspecified atom stereocenters. The Morgan fingerprint density at radius 3 is 2.67 bits per heavy atom. The Balaban J connectivity index is 2.44. The van der Waals surface area contributed by atoms with E-state index in [1.54, 1.807) is 7.11 Å². The van der Waals surface area contributed by atoms with E-state index in [0.29, 0.717) is 32.2 Å². The van der Waals surface area contributed by atoms with Crippen molar-refractivity contribution in [3.8, 4) is 0 Å². The van der Waals surface area contributed by atoms with E-state index < -0.39 is 0 Å². The second kappa shape index (κ2) is 7.84. The molecule has 0 fully saturated rings. The van der Waals surface area contributed by atoms with Crippen LogP contribution in [0, 0.1) is 6.92 Å². The van der Waals surface area contributed by atoms with Crippen LogP contribution in [0.2, 0.25) is 0 Å². The van der Waals surface area contributed by atoms with Crippen molar-refractivity contribution in [3.63, 3.8) is 0 Å². The normalized spacial score (nSPS) is 10.6. The summed E-state index contributed by atoms with van der Waals surface area (Å²) in [5.74, 6) is 2.07. The summed E-state index contributed by atoms with van der Waals surface area (Å²) in [5, 5.41) is 3.21. The molecule has 0 saturated heterocycles. The summed E-state index contributed by atoms with van der Waals surface area (Å²) in [6, 6.07) is 0. The van der Waals surface area contributed by atoms with Crippen LogP contribution in [0.1, 0.15) is 18.3 Å². The minimum Gasteiger partial charge on any atom is -0.383 e. The smallest absolute Gasteiger partial charge is 0.134 e. The molecule has 1 heterocycles. The molecule has 0 spiro atoms. The Bertz CT molecular complexity index is 371. The third kappa shape index (κ3) is 4.46. The number of ether oxygens (including phenoxy) is 2. The number of anilines is 2. The number of methoxy groups -OCH3 is 1. The molecule has 18 heavy (non-hydrogen) atoms. The molecule has 0 atom stereocenters. The molecule has 0 saturated carbocycles. The van der Waals surface area contributed by atoms with Gasteiger partial charge in [0.05, 0.1) is 19.8 Å². The molecule has 0 radical (unpaired) electrons. The second-order valence-electron chi connectivity index (χ2n) is 3.88. The molecule has 0 aliphatic carbocycles. The van der Waals surface area contributed by atoms with Crippen molar-refractivity contribution in [1.29, 1.82) is 0 Å².